The molecular weight excluding hydrogens is 440 g/mol. The number of hydrogen-bond donors (Lipinski definition) is 2. The first kappa shape index (κ1) is 23.0. The molecule has 1 aliphatic heterocycles. The van der Waals surface area contributed by atoms with Gasteiger partial charge in [0.15, 0.2) is 12.4 Å². The van der Waals surface area contributed by atoms with Gasteiger partial charge in [0.25, 0.3) is 0 Å². The van der Waals surface area contributed by atoms with E-state index in [0.29, 0.717) is 18.6 Å². The molecule has 0 aromatic rings. The van der Waals surface area contributed by atoms with Crippen molar-refractivity contribution in [1.29, 1.82) is 0 Å². The van der Waals surface area contributed by atoms with E-state index < -0.39 is 46.8 Å². The van der Waals surface area contributed by atoms with Crippen LogP contribution >= 0.6 is 0 Å². The van der Waals surface area contributed by atoms with Crippen molar-refractivity contribution in [2.75, 3.05) is 6.61 Å². The van der Waals surface area contributed by atoms with E-state index in [-0.39, 0.29) is 23.5 Å². The number of oxime groups is 2. The number of carbonyl (C=O) groups is 3. The van der Waals surface area contributed by atoms with Gasteiger partial charge in [0.2, 0.25) is 11.4 Å². The molecular formula is C25H30N2O7. The van der Waals surface area contributed by atoms with E-state index in [1.165, 1.54) is 13.1 Å². The normalized spacial score (nSPS) is 44.4. The van der Waals surface area contributed by atoms with Crippen molar-refractivity contribution in [2.45, 2.75) is 58.2 Å². The van der Waals surface area contributed by atoms with Gasteiger partial charge in [-0.3, -0.25) is 14.4 Å². The van der Waals surface area contributed by atoms with Crippen molar-refractivity contribution in [3.8, 4) is 0 Å². The molecule has 182 valence electrons. The fourth-order valence-corrected chi connectivity index (χ4v) is 8.05. The van der Waals surface area contributed by atoms with Crippen LogP contribution in [0.3, 0.4) is 0 Å². The second-order valence-corrected chi connectivity index (χ2v) is 10.8. The van der Waals surface area contributed by atoms with Crippen LogP contribution in [0, 0.1) is 34.5 Å². The second kappa shape index (κ2) is 7.60. The zero-order valence-electron chi connectivity index (χ0n) is 19.6. The van der Waals surface area contributed by atoms with E-state index in [0.717, 1.165) is 18.4 Å². The fraction of sp³-hybridized carbons (Fsp3) is 0.640. The van der Waals surface area contributed by atoms with Gasteiger partial charge >= 0.3 is 5.97 Å². The van der Waals surface area contributed by atoms with Crippen LogP contribution in [-0.2, 0) is 24.0 Å². The maximum atomic E-state index is 13.6. The lowest BCUT2D eigenvalue weighted by Gasteiger charge is -2.59. The fourth-order valence-electron chi connectivity index (χ4n) is 8.05. The minimum absolute atomic E-state index is 0.00849. The first-order chi connectivity index (χ1) is 16.1. The molecule has 3 fully saturated rings. The van der Waals surface area contributed by atoms with E-state index in [2.05, 4.69) is 17.2 Å². The summed E-state index contributed by atoms with van der Waals surface area (Å²) in [6.07, 6.45) is 8.07. The molecule has 34 heavy (non-hydrogen) atoms. The third-order valence-electron chi connectivity index (χ3n) is 9.38. The summed E-state index contributed by atoms with van der Waals surface area (Å²) >= 11 is 0. The molecule has 4 aliphatic carbocycles. The van der Waals surface area contributed by atoms with Crippen LogP contribution in [-0.4, -0.2) is 58.1 Å². The molecule has 0 radical (unpaired) electrons. The topological polar surface area (TPSA) is 135 Å². The molecule has 3 saturated carbocycles. The summed E-state index contributed by atoms with van der Waals surface area (Å²) in [6.45, 7) is 4.84. The lowest BCUT2D eigenvalue weighted by atomic mass is 9.46. The molecule has 9 heteroatoms. The molecule has 5 rings (SSSR count). The van der Waals surface area contributed by atoms with Crippen LogP contribution in [0.2, 0.25) is 0 Å². The van der Waals surface area contributed by atoms with Crippen LogP contribution in [0.25, 0.3) is 0 Å². The number of carbonyl (C=O) groups excluding carboxylic acids is 3. The average molecular weight is 471 g/mol. The van der Waals surface area contributed by atoms with Crippen molar-refractivity contribution in [2.24, 2.45) is 44.8 Å². The Morgan fingerprint density at radius 3 is 2.85 bits per heavy atom. The molecule has 0 bridgehead atoms. The molecule has 0 amide bonds. The summed E-state index contributed by atoms with van der Waals surface area (Å²) in [5.74, 6) is -1.51. The minimum atomic E-state index is -1.43. The van der Waals surface area contributed by atoms with Gasteiger partial charge in [-0.15, -0.1) is 0 Å². The SMILES string of the molecule is CC(=O)OCC(=O)[C@@]12ON=C(/C=N/O)[C@@H]1C[C@H]1[C@@H]3CCC4=CC(=O)C=C[C@]4(C)[C@H]3[C@@H](O)C[C@@]12C. The monoisotopic (exact) mass is 470 g/mol. The lowest BCUT2D eigenvalue weighted by molar-refractivity contribution is -0.193. The number of hydrogen-bond acceptors (Lipinski definition) is 9. The van der Waals surface area contributed by atoms with Gasteiger partial charge in [-0.2, -0.15) is 0 Å². The van der Waals surface area contributed by atoms with Gasteiger partial charge in [-0.05, 0) is 49.7 Å². The number of nitrogens with zero attached hydrogens (tertiary/aromatic N) is 2. The summed E-state index contributed by atoms with van der Waals surface area (Å²) in [6, 6.07) is 0. The Kier molecular flexibility index (Phi) is 5.13. The van der Waals surface area contributed by atoms with Crippen LogP contribution < -0.4 is 0 Å². The van der Waals surface area contributed by atoms with Gasteiger partial charge < -0.3 is 19.9 Å². The third-order valence-corrected chi connectivity index (χ3v) is 9.38. The van der Waals surface area contributed by atoms with Gasteiger partial charge in [-0.1, -0.05) is 35.8 Å². The van der Waals surface area contributed by atoms with E-state index in [9.17, 15) is 24.7 Å². The highest BCUT2D eigenvalue weighted by atomic mass is 16.7. The molecule has 0 aromatic heterocycles. The zero-order chi connectivity index (χ0) is 24.5. The van der Waals surface area contributed by atoms with Gasteiger partial charge in [-0.25, -0.2) is 0 Å². The van der Waals surface area contributed by atoms with Crippen molar-refractivity contribution < 1.29 is 34.3 Å². The minimum Gasteiger partial charge on any atom is -0.458 e. The van der Waals surface area contributed by atoms with Crippen molar-refractivity contribution in [3.63, 3.8) is 0 Å². The molecule has 5 aliphatic rings. The Morgan fingerprint density at radius 2 is 2.15 bits per heavy atom. The van der Waals surface area contributed by atoms with Crippen molar-refractivity contribution in [1.82, 2.24) is 0 Å². The van der Waals surface area contributed by atoms with E-state index in [1.54, 1.807) is 12.2 Å². The van der Waals surface area contributed by atoms with Crippen LogP contribution in [0.4, 0.5) is 0 Å². The molecule has 8 atom stereocenters. The number of Topliss-reactive ketones (excluding diaryl/α,β-unsaturated/α-hetero) is 1. The Hall–Kier alpha value is -2.81. The highest BCUT2D eigenvalue weighted by molar-refractivity contribution is 6.33. The lowest BCUT2D eigenvalue weighted by Crippen LogP contribution is -2.63. The number of fused-ring (bicyclic) bond motifs is 7. The smallest absolute Gasteiger partial charge is 0.303 e. The quantitative estimate of drug-likeness (QED) is 0.278. The molecule has 0 saturated heterocycles. The summed E-state index contributed by atoms with van der Waals surface area (Å²) < 4.78 is 5.06. The van der Waals surface area contributed by atoms with Gasteiger partial charge in [0, 0.05) is 23.7 Å². The first-order valence-corrected chi connectivity index (χ1v) is 11.8. The maximum absolute atomic E-state index is 13.6. The molecule has 0 unspecified atom stereocenters. The summed E-state index contributed by atoms with van der Waals surface area (Å²) in [7, 11) is 0. The maximum Gasteiger partial charge on any atom is 0.303 e. The van der Waals surface area contributed by atoms with Crippen LogP contribution in [0.15, 0.2) is 34.1 Å². The standard InChI is InChI=1S/C25H30N2O7/c1-13(28)33-12-21(31)25-18(19(11-26-32)27-34-25)9-17-16-5-4-14-8-15(29)6-7-23(14,2)22(16)20(30)10-24(17,25)3/h6-8,11,16-18,20,22,30,32H,4-5,9-10,12H2,1-3H3/b26-11+/t16-,17-,18-,20-,22+,23-,24-,25-/m0/s1. The molecule has 0 aromatic carbocycles. The molecule has 9 nitrogen and oxygen atoms in total. The van der Waals surface area contributed by atoms with Crippen molar-refractivity contribution >= 4 is 29.5 Å². The number of ether oxygens (including phenoxy) is 1. The van der Waals surface area contributed by atoms with Gasteiger partial charge in [0.1, 0.15) is 5.71 Å². The van der Waals surface area contributed by atoms with E-state index in [4.69, 9.17) is 9.57 Å². The Balaban J connectivity index is 1.57. The number of ketones is 2. The first-order valence-electron chi connectivity index (χ1n) is 11.8. The predicted octanol–water partition coefficient (Wildman–Crippen LogP) is 2.21. The number of esters is 1. The summed E-state index contributed by atoms with van der Waals surface area (Å²) in [5.41, 5.74) is -1.23. The average Bonchev–Trinajstić information content (AvgIpc) is 3.26. The van der Waals surface area contributed by atoms with Crippen LogP contribution in [0.1, 0.15) is 46.5 Å². The molecule has 1 heterocycles. The largest absolute Gasteiger partial charge is 0.458 e. The second-order valence-electron chi connectivity index (χ2n) is 10.8. The van der Waals surface area contributed by atoms with E-state index in [1.807, 2.05) is 13.0 Å². The predicted molar refractivity (Wildman–Crippen MR) is 120 cm³/mol. The number of aliphatic hydroxyl groups is 1. The number of allylic oxidation sites excluding steroid dienone is 4. The highest BCUT2D eigenvalue weighted by Crippen LogP contribution is 2.70. The number of aliphatic hydroxyl groups excluding tert-OH is 1. The zero-order valence-corrected chi connectivity index (χ0v) is 19.6. The van der Waals surface area contributed by atoms with Crippen molar-refractivity contribution in [3.05, 3.63) is 23.8 Å². The Bertz CT molecular complexity index is 1080. The van der Waals surface area contributed by atoms with Crippen LogP contribution in [0.5, 0.6) is 0 Å². The summed E-state index contributed by atoms with van der Waals surface area (Å²) in [4.78, 5) is 43.0. The Labute approximate surface area is 197 Å². The molecule has 2 N–H and O–H groups in total. The van der Waals surface area contributed by atoms with E-state index >= 15 is 0 Å². The highest BCUT2D eigenvalue weighted by Gasteiger charge is 2.76. The number of rotatable bonds is 4. The molecule has 0 spiro atoms. The van der Waals surface area contributed by atoms with Gasteiger partial charge in [0.05, 0.1) is 18.2 Å². The summed E-state index contributed by atoms with van der Waals surface area (Å²) in [5, 5.41) is 28.0. The third kappa shape index (κ3) is 2.85. The Morgan fingerprint density at radius 1 is 1.38 bits per heavy atom.